The van der Waals surface area contributed by atoms with Crippen LogP contribution in [0.3, 0.4) is 0 Å². The van der Waals surface area contributed by atoms with Crippen molar-refractivity contribution in [2.75, 3.05) is 11.9 Å². The fourth-order valence-electron chi connectivity index (χ4n) is 4.25. The van der Waals surface area contributed by atoms with E-state index >= 15 is 0 Å². The number of fused-ring (bicyclic) bond motifs is 1. The molecule has 0 aromatic heterocycles. The summed E-state index contributed by atoms with van der Waals surface area (Å²) in [4.78, 5) is 17.0. The number of nitrogens with zero attached hydrogens (tertiary/aromatic N) is 1. The highest BCUT2D eigenvalue weighted by atomic mass is 127. The number of hydrogen-bond acceptors (Lipinski definition) is 3. The van der Waals surface area contributed by atoms with Gasteiger partial charge in [-0.3, -0.25) is 4.79 Å². The molecule has 0 spiro atoms. The van der Waals surface area contributed by atoms with Crippen molar-refractivity contribution in [1.29, 1.82) is 0 Å². The molecule has 1 fully saturated rings. The van der Waals surface area contributed by atoms with Gasteiger partial charge in [0.25, 0.3) is 0 Å². The Labute approximate surface area is 201 Å². The van der Waals surface area contributed by atoms with Crippen LogP contribution in [-0.4, -0.2) is 18.5 Å². The molecule has 2 aromatic carbocycles. The number of nitrogens with one attached hydrogen (secondary N) is 2. The summed E-state index contributed by atoms with van der Waals surface area (Å²) in [7, 11) is 0. The molecule has 1 aliphatic heterocycles. The minimum Gasteiger partial charge on any atom is -0.493 e. The maximum Gasteiger partial charge on any atom is 0.227 e. The SMILES string of the molecule is I.NC(=NCc1cccc(NC(=O)C2CCCCC2)c1)NC1CCOc2ccccc21. The quantitative estimate of drug-likeness (QED) is 0.294. The molecule has 4 rings (SSSR count). The van der Waals surface area contributed by atoms with Crippen LogP contribution in [0.4, 0.5) is 5.69 Å². The van der Waals surface area contributed by atoms with E-state index in [9.17, 15) is 4.79 Å². The van der Waals surface area contributed by atoms with Crippen molar-refractivity contribution < 1.29 is 9.53 Å². The van der Waals surface area contributed by atoms with E-state index in [-0.39, 0.29) is 41.8 Å². The number of para-hydroxylation sites is 1. The van der Waals surface area contributed by atoms with Crippen LogP contribution in [0.5, 0.6) is 5.75 Å². The average molecular weight is 534 g/mol. The highest BCUT2D eigenvalue weighted by molar-refractivity contribution is 14.0. The molecule has 0 radical (unpaired) electrons. The summed E-state index contributed by atoms with van der Waals surface area (Å²) in [5, 5.41) is 6.38. The second-order valence-electron chi connectivity index (χ2n) is 8.10. The Balaban J connectivity index is 0.00000272. The molecule has 1 amide bonds. The zero-order valence-corrected chi connectivity index (χ0v) is 20.0. The number of ether oxygens (including phenoxy) is 1. The third kappa shape index (κ3) is 6.35. The first kappa shape index (κ1) is 23.4. The van der Waals surface area contributed by atoms with Gasteiger partial charge in [0, 0.05) is 23.6 Å². The highest BCUT2D eigenvalue weighted by Gasteiger charge is 2.22. The predicted octanol–water partition coefficient (Wildman–Crippen LogP) is 4.75. The van der Waals surface area contributed by atoms with E-state index in [0.29, 0.717) is 19.1 Å². The Bertz CT molecular complexity index is 912. The number of anilines is 1. The first-order valence-electron chi connectivity index (χ1n) is 10.9. The Kier molecular flexibility index (Phi) is 8.57. The normalized spacial score (nSPS) is 18.8. The molecule has 6 nitrogen and oxygen atoms in total. The van der Waals surface area contributed by atoms with E-state index in [2.05, 4.69) is 21.7 Å². The van der Waals surface area contributed by atoms with Crippen LogP contribution in [0.15, 0.2) is 53.5 Å². The van der Waals surface area contributed by atoms with Crippen LogP contribution in [0.25, 0.3) is 0 Å². The van der Waals surface area contributed by atoms with Crippen molar-refractivity contribution in [2.24, 2.45) is 16.6 Å². The number of guanidine groups is 1. The lowest BCUT2D eigenvalue weighted by atomic mass is 9.88. The van der Waals surface area contributed by atoms with Crippen LogP contribution in [0.2, 0.25) is 0 Å². The fraction of sp³-hybridized carbons (Fsp3) is 0.417. The van der Waals surface area contributed by atoms with Crippen LogP contribution >= 0.6 is 24.0 Å². The summed E-state index contributed by atoms with van der Waals surface area (Å²) in [6.07, 6.45) is 6.37. The maximum absolute atomic E-state index is 12.5. The van der Waals surface area contributed by atoms with E-state index in [1.165, 1.54) is 6.42 Å². The van der Waals surface area contributed by atoms with Gasteiger partial charge < -0.3 is 21.1 Å². The fourth-order valence-corrected chi connectivity index (χ4v) is 4.25. The molecular weight excluding hydrogens is 503 g/mol. The topological polar surface area (TPSA) is 88.7 Å². The molecule has 2 aromatic rings. The van der Waals surface area contributed by atoms with E-state index in [1.54, 1.807) is 0 Å². The smallest absolute Gasteiger partial charge is 0.227 e. The second kappa shape index (κ2) is 11.4. The van der Waals surface area contributed by atoms with Gasteiger partial charge in [-0.15, -0.1) is 24.0 Å². The summed E-state index contributed by atoms with van der Waals surface area (Å²) in [5.74, 6) is 1.58. The number of hydrogen-bond donors (Lipinski definition) is 3. The zero-order valence-electron chi connectivity index (χ0n) is 17.7. The molecule has 2 aliphatic rings. The summed E-state index contributed by atoms with van der Waals surface area (Å²) >= 11 is 0. The van der Waals surface area contributed by atoms with Gasteiger partial charge in [0.1, 0.15) is 5.75 Å². The maximum atomic E-state index is 12.5. The van der Waals surface area contributed by atoms with Crippen LogP contribution in [-0.2, 0) is 11.3 Å². The Morgan fingerprint density at radius 3 is 2.71 bits per heavy atom. The summed E-state index contributed by atoms with van der Waals surface area (Å²) in [6, 6.07) is 15.9. The third-order valence-corrected chi connectivity index (χ3v) is 5.88. The monoisotopic (exact) mass is 534 g/mol. The first-order valence-corrected chi connectivity index (χ1v) is 10.9. The van der Waals surface area contributed by atoms with Crippen molar-refractivity contribution in [1.82, 2.24) is 5.32 Å². The van der Waals surface area contributed by atoms with Crippen LogP contribution < -0.4 is 21.1 Å². The van der Waals surface area contributed by atoms with Gasteiger partial charge in [-0.1, -0.05) is 49.6 Å². The molecule has 31 heavy (non-hydrogen) atoms. The lowest BCUT2D eigenvalue weighted by molar-refractivity contribution is -0.120. The van der Waals surface area contributed by atoms with Crippen molar-refractivity contribution in [3.05, 3.63) is 59.7 Å². The zero-order chi connectivity index (χ0) is 20.8. The van der Waals surface area contributed by atoms with Gasteiger partial charge >= 0.3 is 0 Å². The summed E-state index contributed by atoms with van der Waals surface area (Å²) < 4.78 is 5.70. The Hall–Kier alpha value is -2.29. The van der Waals surface area contributed by atoms with Gasteiger partial charge in [0.15, 0.2) is 5.96 Å². The number of benzene rings is 2. The molecular formula is C24H31IN4O2. The molecule has 1 unspecified atom stereocenters. The van der Waals surface area contributed by atoms with Gasteiger partial charge in [-0.05, 0) is 36.6 Å². The standard InChI is InChI=1S/C24H30N4O2.HI/c25-24(28-21-13-14-30-22-12-5-4-11-20(21)22)26-16-17-7-6-10-19(15-17)27-23(29)18-8-2-1-3-9-18;/h4-7,10-12,15,18,21H,1-3,8-9,13-14,16H2,(H,27,29)(H3,25,26,28);1H. The Morgan fingerprint density at radius 2 is 1.87 bits per heavy atom. The van der Waals surface area contributed by atoms with E-state index < -0.39 is 0 Å². The molecule has 1 aliphatic carbocycles. The molecule has 166 valence electrons. The lowest BCUT2D eigenvalue weighted by Crippen LogP contribution is -2.37. The number of carbonyl (C=O) groups excluding carboxylic acids is 1. The number of amides is 1. The van der Waals surface area contributed by atoms with Crippen LogP contribution in [0.1, 0.15) is 55.7 Å². The van der Waals surface area contributed by atoms with Crippen molar-refractivity contribution in [3.63, 3.8) is 0 Å². The minimum atomic E-state index is 0. The third-order valence-electron chi connectivity index (χ3n) is 5.88. The average Bonchev–Trinajstić information content (AvgIpc) is 2.79. The van der Waals surface area contributed by atoms with Crippen molar-refractivity contribution in [3.8, 4) is 5.75 Å². The van der Waals surface area contributed by atoms with Gasteiger partial charge in [0.05, 0.1) is 19.2 Å². The first-order chi connectivity index (χ1) is 14.7. The van der Waals surface area contributed by atoms with Crippen molar-refractivity contribution >= 4 is 41.5 Å². The lowest BCUT2D eigenvalue weighted by Gasteiger charge is -2.26. The van der Waals surface area contributed by atoms with Gasteiger partial charge in [-0.25, -0.2) is 4.99 Å². The van der Waals surface area contributed by atoms with E-state index in [0.717, 1.165) is 54.7 Å². The number of nitrogens with two attached hydrogens (primary N) is 1. The Morgan fingerprint density at radius 1 is 1.06 bits per heavy atom. The molecule has 1 atom stereocenters. The second-order valence-corrected chi connectivity index (χ2v) is 8.10. The summed E-state index contributed by atoms with van der Waals surface area (Å²) in [6.45, 7) is 1.11. The number of carbonyl (C=O) groups is 1. The summed E-state index contributed by atoms with van der Waals surface area (Å²) in [5.41, 5.74) is 9.09. The highest BCUT2D eigenvalue weighted by Crippen LogP contribution is 2.31. The van der Waals surface area contributed by atoms with Gasteiger partial charge in [-0.2, -0.15) is 0 Å². The molecule has 0 bridgehead atoms. The van der Waals surface area contributed by atoms with Crippen LogP contribution in [0, 0.1) is 5.92 Å². The molecule has 1 heterocycles. The van der Waals surface area contributed by atoms with Gasteiger partial charge in [0.2, 0.25) is 5.91 Å². The molecule has 1 saturated carbocycles. The largest absolute Gasteiger partial charge is 0.493 e. The number of aliphatic imine (C=N–C) groups is 1. The molecule has 0 saturated heterocycles. The predicted molar refractivity (Wildman–Crippen MR) is 135 cm³/mol. The molecule has 4 N–H and O–H groups in total. The molecule has 7 heteroatoms. The minimum absolute atomic E-state index is 0. The van der Waals surface area contributed by atoms with E-state index in [1.807, 2.05) is 42.5 Å². The van der Waals surface area contributed by atoms with E-state index in [4.69, 9.17) is 10.5 Å². The number of halogens is 1. The number of rotatable bonds is 5. The van der Waals surface area contributed by atoms with Crippen molar-refractivity contribution in [2.45, 2.75) is 51.1 Å².